The van der Waals surface area contributed by atoms with Crippen molar-refractivity contribution in [1.82, 2.24) is 9.80 Å². The standard InChI is InChI=1S/C15H24N2O2S/c1-4-17(10-5-9-16(2)3)12-14-13(8-11-20-14)6-7-15(18)19/h6-8,11H,4-5,9-10,12H2,1-3H3,(H,18,19)/b7-6+. The van der Waals surface area contributed by atoms with Crippen LogP contribution in [0.2, 0.25) is 0 Å². The van der Waals surface area contributed by atoms with Crippen LogP contribution in [0.1, 0.15) is 23.8 Å². The molecule has 0 spiro atoms. The van der Waals surface area contributed by atoms with Gasteiger partial charge in [0.05, 0.1) is 0 Å². The van der Waals surface area contributed by atoms with E-state index in [1.165, 1.54) is 11.0 Å². The van der Waals surface area contributed by atoms with E-state index >= 15 is 0 Å². The van der Waals surface area contributed by atoms with Gasteiger partial charge in [-0.2, -0.15) is 0 Å². The van der Waals surface area contributed by atoms with E-state index < -0.39 is 5.97 Å². The Hall–Kier alpha value is -1.17. The van der Waals surface area contributed by atoms with Crippen LogP contribution in [0.3, 0.4) is 0 Å². The van der Waals surface area contributed by atoms with Gasteiger partial charge in [0.1, 0.15) is 0 Å². The van der Waals surface area contributed by atoms with Gasteiger partial charge in [0.15, 0.2) is 0 Å². The second kappa shape index (κ2) is 8.89. The summed E-state index contributed by atoms with van der Waals surface area (Å²) in [6, 6.07) is 1.98. The van der Waals surface area contributed by atoms with Crippen LogP contribution in [0.5, 0.6) is 0 Å². The van der Waals surface area contributed by atoms with Crippen LogP contribution in [-0.4, -0.2) is 54.6 Å². The minimum Gasteiger partial charge on any atom is -0.478 e. The van der Waals surface area contributed by atoms with E-state index in [2.05, 4.69) is 30.8 Å². The topological polar surface area (TPSA) is 43.8 Å². The Morgan fingerprint density at radius 2 is 2.15 bits per heavy atom. The Labute approximate surface area is 125 Å². The number of nitrogens with zero attached hydrogens (tertiary/aromatic N) is 2. The molecule has 0 aliphatic heterocycles. The fourth-order valence-electron chi connectivity index (χ4n) is 1.95. The lowest BCUT2D eigenvalue weighted by molar-refractivity contribution is -0.131. The predicted molar refractivity (Wildman–Crippen MR) is 85.1 cm³/mol. The molecule has 0 atom stereocenters. The fourth-order valence-corrected chi connectivity index (χ4v) is 2.86. The summed E-state index contributed by atoms with van der Waals surface area (Å²) >= 11 is 1.69. The first-order chi connectivity index (χ1) is 9.52. The van der Waals surface area contributed by atoms with Crippen molar-refractivity contribution < 1.29 is 9.90 Å². The van der Waals surface area contributed by atoms with Gasteiger partial charge in [-0.3, -0.25) is 4.90 Å². The molecule has 1 rings (SSSR count). The number of hydrogen-bond donors (Lipinski definition) is 1. The van der Waals surface area contributed by atoms with Gasteiger partial charge < -0.3 is 10.0 Å². The number of rotatable bonds is 9. The minimum atomic E-state index is -0.902. The van der Waals surface area contributed by atoms with Crippen molar-refractivity contribution in [2.45, 2.75) is 19.9 Å². The molecular formula is C15H24N2O2S. The third kappa shape index (κ3) is 6.32. The van der Waals surface area contributed by atoms with Crippen molar-refractivity contribution in [3.63, 3.8) is 0 Å². The van der Waals surface area contributed by atoms with E-state index in [1.807, 2.05) is 11.4 Å². The summed E-state index contributed by atoms with van der Waals surface area (Å²) < 4.78 is 0. The number of carbonyl (C=O) groups is 1. The van der Waals surface area contributed by atoms with Gasteiger partial charge in [0.2, 0.25) is 0 Å². The zero-order chi connectivity index (χ0) is 15.0. The van der Waals surface area contributed by atoms with Crippen molar-refractivity contribution >= 4 is 23.4 Å². The molecule has 112 valence electrons. The molecule has 0 fully saturated rings. The molecule has 0 saturated heterocycles. The smallest absolute Gasteiger partial charge is 0.328 e. The molecule has 1 N–H and O–H groups in total. The van der Waals surface area contributed by atoms with Crippen LogP contribution >= 0.6 is 11.3 Å². The van der Waals surface area contributed by atoms with Crippen LogP contribution in [0.15, 0.2) is 17.5 Å². The molecule has 1 aromatic rings. The highest BCUT2D eigenvalue weighted by Crippen LogP contribution is 2.20. The first-order valence-electron chi connectivity index (χ1n) is 6.87. The normalized spacial score (nSPS) is 11.8. The number of hydrogen-bond acceptors (Lipinski definition) is 4. The second-order valence-electron chi connectivity index (χ2n) is 5.00. The third-order valence-electron chi connectivity index (χ3n) is 3.08. The van der Waals surface area contributed by atoms with Crippen LogP contribution < -0.4 is 0 Å². The molecule has 5 heteroatoms. The Morgan fingerprint density at radius 3 is 2.75 bits per heavy atom. The van der Waals surface area contributed by atoms with Gasteiger partial charge in [-0.05, 0) is 63.2 Å². The highest BCUT2D eigenvalue weighted by Gasteiger charge is 2.08. The van der Waals surface area contributed by atoms with Crippen LogP contribution in [0.4, 0.5) is 0 Å². The molecule has 1 heterocycles. The molecule has 0 amide bonds. The predicted octanol–water partition coefficient (Wildman–Crippen LogP) is 2.62. The minimum absolute atomic E-state index is 0.890. The number of aliphatic carboxylic acids is 1. The van der Waals surface area contributed by atoms with Gasteiger partial charge in [-0.15, -0.1) is 11.3 Å². The molecule has 0 unspecified atom stereocenters. The zero-order valence-electron chi connectivity index (χ0n) is 12.5. The van der Waals surface area contributed by atoms with Crippen LogP contribution in [0, 0.1) is 0 Å². The maximum Gasteiger partial charge on any atom is 0.328 e. The van der Waals surface area contributed by atoms with Gasteiger partial charge in [-0.1, -0.05) is 6.92 Å². The van der Waals surface area contributed by atoms with Crippen molar-refractivity contribution in [1.29, 1.82) is 0 Å². The lowest BCUT2D eigenvalue weighted by Crippen LogP contribution is -2.26. The van der Waals surface area contributed by atoms with E-state index in [0.717, 1.165) is 38.2 Å². The van der Waals surface area contributed by atoms with E-state index in [1.54, 1.807) is 17.4 Å². The molecule has 0 aliphatic carbocycles. The zero-order valence-corrected chi connectivity index (χ0v) is 13.3. The highest BCUT2D eigenvalue weighted by molar-refractivity contribution is 7.10. The molecule has 0 bridgehead atoms. The van der Waals surface area contributed by atoms with Crippen molar-refractivity contribution in [2.75, 3.05) is 33.7 Å². The van der Waals surface area contributed by atoms with Gasteiger partial charge >= 0.3 is 5.97 Å². The first-order valence-corrected chi connectivity index (χ1v) is 7.75. The monoisotopic (exact) mass is 296 g/mol. The lowest BCUT2D eigenvalue weighted by Gasteiger charge is -2.21. The van der Waals surface area contributed by atoms with E-state index in [9.17, 15) is 4.79 Å². The van der Waals surface area contributed by atoms with Crippen molar-refractivity contribution in [3.8, 4) is 0 Å². The summed E-state index contributed by atoms with van der Waals surface area (Å²) in [7, 11) is 4.18. The SMILES string of the molecule is CCN(CCCN(C)C)Cc1sccc1/C=C/C(=O)O. The number of carboxylic acids is 1. The van der Waals surface area contributed by atoms with Crippen molar-refractivity contribution in [3.05, 3.63) is 28.0 Å². The Balaban J connectivity index is 2.57. The number of thiophene rings is 1. The molecule has 20 heavy (non-hydrogen) atoms. The summed E-state index contributed by atoms with van der Waals surface area (Å²) in [6.07, 6.45) is 4.03. The molecule has 0 aliphatic rings. The van der Waals surface area contributed by atoms with E-state index in [0.29, 0.717) is 0 Å². The molecule has 4 nitrogen and oxygen atoms in total. The quantitative estimate of drug-likeness (QED) is 0.711. The van der Waals surface area contributed by atoms with E-state index in [-0.39, 0.29) is 0 Å². The molecule has 0 radical (unpaired) electrons. The largest absolute Gasteiger partial charge is 0.478 e. The molecule has 0 aromatic carbocycles. The summed E-state index contributed by atoms with van der Waals surface area (Å²) in [6.45, 7) is 6.21. The van der Waals surface area contributed by atoms with Gasteiger partial charge in [-0.25, -0.2) is 4.79 Å². The van der Waals surface area contributed by atoms with E-state index in [4.69, 9.17) is 5.11 Å². The summed E-state index contributed by atoms with van der Waals surface area (Å²) in [5, 5.41) is 10.7. The third-order valence-corrected chi connectivity index (χ3v) is 4.00. The van der Waals surface area contributed by atoms with Gasteiger partial charge in [0.25, 0.3) is 0 Å². The molecule has 0 saturated carbocycles. The Morgan fingerprint density at radius 1 is 1.40 bits per heavy atom. The summed E-state index contributed by atoms with van der Waals surface area (Å²) in [5.74, 6) is -0.902. The Bertz CT molecular complexity index is 441. The van der Waals surface area contributed by atoms with Gasteiger partial charge in [0, 0.05) is 17.5 Å². The molecular weight excluding hydrogens is 272 g/mol. The first kappa shape index (κ1) is 16.9. The fraction of sp³-hybridized carbons (Fsp3) is 0.533. The maximum atomic E-state index is 10.6. The number of carboxylic acid groups (broad SMARTS) is 1. The average Bonchev–Trinajstić information content (AvgIpc) is 2.82. The van der Waals surface area contributed by atoms with Crippen molar-refractivity contribution in [2.24, 2.45) is 0 Å². The average molecular weight is 296 g/mol. The maximum absolute atomic E-state index is 10.6. The Kier molecular flexibility index (Phi) is 7.51. The summed E-state index contributed by atoms with van der Waals surface area (Å²) in [4.78, 5) is 16.4. The highest BCUT2D eigenvalue weighted by atomic mass is 32.1. The van der Waals surface area contributed by atoms with Crippen LogP contribution in [-0.2, 0) is 11.3 Å². The van der Waals surface area contributed by atoms with Crippen LogP contribution in [0.25, 0.3) is 6.08 Å². The lowest BCUT2D eigenvalue weighted by atomic mass is 10.2. The second-order valence-corrected chi connectivity index (χ2v) is 6.00. The summed E-state index contributed by atoms with van der Waals surface area (Å²) in [5.41, 5.74) is 1.02. The molecule has 1 aromatic heterocycles.